The van der Waals surface area contributed by atoms with Gasteiger partial charge in [0.1, 0.15) is 5.82 Å². The maximum absolute atomic E-state index is 13.3. The lowest BCUT2D eigenvalue weighted by atomic mass is 10.1. The van der Waals surface area contributed by atoms with Crippen LogP contribution >= 0.6 is 15.9 Å². The zero-order valence-corrected chi connectivity index (χ0v) is 12.7. The highest BCUT2D eigenvalue weighted by Crippen LogP contribution is 2.22. The van der Waals surface area contributed by atoms with Gasteiger partial charge in [0.25, 0.3) is 0 Å². The van der Waals surface area contributed by atoms with Crippen LogP contribution in [0.2, 0.25) is 0 Å². The van der Waals surface area contributed by atoms with E-state index < -0.39 is 0 Å². The van der Waals surface area contributed by atoms with E-state index in [9.17, 15) is 4.39 Å². The van der Waals surface area contributed by atoms with Gasteiger partial charge in [-0.1, -0.05) is 33.9 Å². The molecule has 1 aromatic heterocycles. The molecule has 0 spiro atoms. The van der Waals surface area contributed by atoms with Crippen LogP contribution in [-0.2, 0) is 6.42 Å². The van der Waals surface area contributed by atoms with E-state index in [0.29, 0.717) is 21.8 Å². The fraction of sp³-hybridized carbons (Fsp3) is 0.429. The Morgan fingerprint density at radius 3 is 2.70 bits per heavy atom. The molecule has 20 heavy (non-hydrogen) atoms. The fourth-order valence-electron chi connectivity index (χ4n) is 1.93. The number of hydrogen-bond donors (Lipinski definition) is 1. The van der Waals surface area contributed by atoms with Crippen molar-refractivity contribution in [1.82, 2.24) is 10.1 Å². The molecule has 0 bridgehead atoms. The van der Waals surface area contributed by atoms with E-state index in [-0.39, 0.29) is 5.82 Å². The van der Waals surface area contributed by atoms with Gasteiger partial charge in [0.2, 0.25) is 11.7 Å². The molecule has 0 radical (unpaired) electrons. The maximum Gasteiger partial charge on any atom is 0.226 e. The van der Waals surface area contributed by atoms with E-state index in [2.05, 4.69) is 26.1 Å². The quantitative estimate of drug-likeness (QED) is 0.779. The molecule has 2 aromatic rings. The molecule has 2 N–H and O–H groups in total. The molecule has 2 rings (SSSR count). The Balaban J connectivity index is 1.94. The van der Waals surface area contributed by atoms with Gasteiger partial charge in [0.15, 0.2) is 0 Å². The number of rotatable bonds is 7. The van der Waals surface area contributed by atoms with E-state index in [1.807, 2.05) is 0 Å². The second-order valence-electron chi connectivity index (χ2n) is 4.62. The average Bonchev–Trinajstić information content (AvgIpc) is 2.86. The first-order valence-electron chi connectivity index (χ1n) is 6.68. The summed E-state index contributed by atoms with van der Waals surface area (Å²) in [5, 5.41) is 3.89. The van der Waals surface area contributed by atoms with Crippen LogP contribution in [0.25, 0.3) is 11.4 Å². The van der Waals surface area contributed by atoms with Crippen molar-refractivity contribution in [3.63, 3.8) is 0 Å². The highest BCUT2D eigenvalue weighted by Gasteiger charge is 2.10. The lowest BCUT2D eigenvalue weighted by molar-refractivity contribution is 0.374. The van der Waals surface area contributed by atoms with Gasteiger partial charge in [-0.05, 0) is 37.6 Å². The molecule has 6 heteroatoms. The topological polar surface area (TPSA) is 64.9 Å². The number of hydrogen-bond acceptors (Lipinski definition) is 4. The van der Waals surface area contributed by atoms with Crippen LogP contribution in [0.1, 0.15) is 31.6 Å². The summed E-state index contributed by atoms with van der Waals surface area (Å²) in [6, 6.07) is 4.54. The van der Waals surface area contributed by atoms with Crippen molar-refractivity contribution in [1.29, 1.82) is 0 Å². The van der Waals surface area contributed by atoms with Crippen LogP contribution < -0.4 is 5.73 Å². The SMILES string of the molecule is NCCCCCCc1nc(-c2cc(F)cc(Br)c2)no1. The molecule has 0 unspecified atom stereocenters. The molecule has 0 atom stereocenters. The Kier molecular flexibility index (Phi) is 5.67. The van der Waals surface area contributed by atoms with Gasteiger partial charge >= 0.3 is 0 Å². The largest absolute Gasteiger partial charge is 0.339 e. The standard InChI is InChI=1S/C14H17BrFN3O/c15-11-7-10(8-12(16)9-11)14-18-13(20-19-14)5-3-1-2-4-6-17/h7-9H,1-6,17H2. The summed E-state index contributed by atoms with van der Waals surface area (Å²) >= 11 is 3.25. The van der Waals surface area contributed by atoms with Crippen molar-refractivity contribution < 1.29 is 8.91 Å². The molecule has 0 saturated carbocycles. The first-order chi connectivity index (χ1) is 9.69. The highest BCUT2D eigenvalue weighted by molar-refractivity contribution is 9.10. The van der Waals surface area contributed by atoms with Crippen LogP contribution in [0.4, 0.5) is 4.39 Å². The lowest BCUT2D eigenvalue weighted by Gasteiger charge is -1.97. The smallest absolute Gasteiger partial charge is 0.226 e. The summed E-state index contributed by atoms with van der Waals surface area (Å²) in [6.45, 7) is 0.735. The van der Waals surface area contributed by atoms with Crippen LogP contribution in [0, 0.1) is 5.82 Å². The van der Waals surface area contributed by atoms with Crippen LogP contribution in [0.5, 0.6) is 0 Å². The molecule has 1 aromatic carbocycles. The van der Waals surface area contributed by atoms with Gasteiger partial charge in [-0.15, -0.1) is 0 Å². The third kappa shape index (κ3) is 4.38. The molecule has 0 saturated heterocycles. The molecular weight excluding hydrogens is 325 g/mol. The fourth-order valence-corrected chi connectivity index (χ4v) is 2.40. The number of nitrogens with two attached hydrogens (primary N) is 1. The summed E-state index contributed by atoms with van der Waals surface area (Å²) < 4.78 is 19.2. The van der Waals surface area contributed by atoms with Gasteiger partial charge in [-0.25, -0.2) is 4.39 Å². The molecular formula is C14H17BrFN3O. The minimum Gasteiger partial charge on any atom is -0.339 e. The molecule has 4 nitrogen and oxygen atoms in total. The van der Waals surface area contributed by atoms with E-state index >= 15 is 0 Å². The molecule has 0 aliphatic carbocycles. The normalized spacial score (nSPS) is 10.9. The van der Waals surface area contributed by atoms with Crippen LogP contribution in [-0.4, -0.2) is 16.7 Å². The zero-order chi connectivity index (χ0) is 14.4. The molecule has 1 heterocycles. The Morgan fingerprint density at radius 2 is 1.95 bits per heavy atom. The summed E-state index contributed by atoms with van der Waals surface area (Å²) in [5.74, 6) is 0.679. The van der Waals surface area contributed by atoms with Gasteiger partial charge in [0.05, 0.1) is 0 Å². The number of nitrogens with zero attached hydrogens (tertiary/aromatic N) is 2. The number of benzene rings is 1. The Morgan fingerprint density at radius 1 is 1.15 bits per heavy atom. The van der Waals surface area contributed by atoms with Crippen molar-refractivity contribution in [3.8, 4) is 11.4 Å². The molecule has 108 valence electrons. The summed E-state index contributed by atoms with van der Waals surface area (Å²) in [6.07, 6.45) is 5.00. The van der Waals surface area contributed by atoms with Crippen molar-refractivity contribution in [2.75, 3.05) is 6.54 Å². The maximum atomic E-state index is 13.3. The Hall–Kier alpha value is -1.27. The summed E-state index contributed by atoms with van der Waals surface area (Å²) in [7, 11) is 0. The number of aryl methyl sites for hydroxylation is 1. The molecule has 0 amide bonds. The number of halogens is 2. The Bertz CT molecular complexity index is 539. The second-order valence-corrected chi connectivity index (χ2v) is 5.54. The van der Waals surface area contributed by atoms with Crippen molar-refractivity contribution in [3.05, 3.63) is 34.4 Å². The van der Waals surface area contributed by atoms with Gasteiger partial charge < -0.3 is 10.3 Å². The molecule has 0 aliphatic heterocycles. The highest BCUT2D eigenvalue weighted by atomic mass is 79.9. The summed E-state index contributed by atoms with van der Waals surface area (Å²) in [5.41, 5.74) is 6.05. The minimum absolute atomic E-state index is 0.331. The minimum atomic E-state index is -0.331. The first kappa shape index (κ1) is 15.1. The van der Waals surface area contributed by atoms with Crippen molar-refractivity contribution in [2.45, 2.75) is 32.1 Å². The Labute approximate surface area is 125 Å². The van der Waals surface area contributed by atoms with Gasteiger partial charge in [-0.2, -0.15) is 4.98 Å². The predicted molar refractivity (Wildman–Crippen MR) is 78.6 cm³/mol. The van der Waals surface area contributed by atoms with Crippen LogP contribution in [0.15, 0.2) is 27.2 Å². The predicted octanol–water partition coefficient (Wildman–Crippen LogP) is 3.70. The average molecular weight is 342 g/mol. The second kappa shape index (κ2) is 7.50. The van der Waals surface area contributed by atoms with Gasteiger partial charge in [0, 0.05) is 16.5 Å². The van der Waals surface area contributed by atoms with E-state index in [4.69, 9.17) is 10.3 Å². The van der Waals surface area contributed by atoms with Crippen molar-refractivity contribution >= 4 is 15.9 Å². The van der Waals surface area contributed by atoms with E-state index in [0.717, 1.165) is 38.6 Å². The monoisotopic (exact) mass is 341 g/mol. The number of aromatic nitrogens is 2. The van der Waals surface area contributed by atoms with Gasteiger partial charge in [-0.3, -0.25) is 0 Å². The molecule has 0 fully saturated rings. The van der Waals surface area contributed by atoms with Crippen molar-refractivity contribution in [2.24, 2.45) is 5.73 Å². The zero-order valence-electron chi connectivity index (χ0n) is 11.1. The van der Waals surface area contributed by atoms with E-state index in [1.54, 1.807) is 6.07 Å². The third-order valence-corrected chi connectivity index (χ3v) is 3.39. The lowest BCUT2D eigenvalue weighted by Crippen LogP contribution is -1.97. The third-order valence-electron chi connectivity index (χ3n) is 2.93. The van der Waals surface area contributed by atoms with Crippen LogP contribution in [0.3, 0.4) is 0 Å². The van der Waals surface area contributed by atoms with E-state index in [1.165, 1.54) is 12.1 Å². The first-order valence-corrected chi connectivity index (χ1v) is 7.47. The number of unbranched alkanes of at least 4 members (excludes halogenated alkanes) is 3. The molecule has 0 aliphatic rings. The summed E-state index contributed by atoms with van der Waals surface area (Å²) in [4.78, 5) is 4.29.